The summed E-state index contributed by atoms with van der Waals surface area (Å²) in [6.07, 6.45) is 0. The number of aromatic nitrogens is 1. The molecule has 0 saturated heterocycles. The van der Waals surface area contributed by atoms with Crippen molar-refractivity contribution in [1.82, 2.24) is 15.4 Å². The molecule has 0 atom stereocenters. The van der Waals surface area contributed by atoms with Gasteiger partial charge in [-0.25, -0.2) is 0 Å². The molecule has 2 heterocycles. The first-order valence-corrected chi connectivity index (χ1v) is 11.5. The van der Waals surface area contributed by atoms with Crippen LogP contribution >= 0.6 is 11.8 Å². The monoisotopic (exact) mass is 452 g/mol. The Morgan fingerprint density at radius 1 is 0.818 bits per heavy atom. The van der Waals surface area contributed by atoms with Crippen LogP contribution in [0.25, 0.3) is 11.4 Å². The third-order valence-electron chi connectivity index (χ3n) is 5.69. The first kappa shape index (κ1) is 21.0. The molecular weight excluding hydrogens is 428 g/mol. The molecule has 0 spiro atoms. The van der Waals surface area contributed by atoms with Crippen LogP contribution in [0.5, 0.6) is 0 Å². The second kappa shape index (κ2) is 8.56. The van der Waals surface area contributed by atoms with Crippen molar-refractivity contribution in [3.8, 4) is 5.69 Å². The van der Waals surface area contributed by atoms with Crippen molar-refractivity contribution in [2.45, 2.75) is 23.6 Å². The Kier molecular flexibility index (Phi) is 5.44. The quantitative estimate of drug-likeness (QED) is 0.278. The van der Waals surface area contributed by atoms with E-state index in [0.29, 0.717) is 11.3 Å². The van der Waals surface area contributed by atoms with Crippen LogP contribution in [-0.4, -0.2) is 10.5 Å². The second-order valence-electron chi connectivity index (χ2n) is 7.99. The highest BCUT2D eigenvalue weighted by Gasteiger charge is 2.16. The topological polar surface area (TPSA) is 58.1 Å². The fourth-order valence-corrected chi connectivity index (χ4v) is 4.91. The molecule has 5 nitrogen and oxygen atoms in total. The van der Waals surface area contributed by atoms with Gasteiger partial charge in [-0.05, 0) is 74.5 Å². The molecule has 0 saturated carbocycles. The third kappa shape index (κ3) is 4.13. The van der Waals surface area contributed by atoms with E-state index in [1.54, 1.807) is 11.8 Å². The zero-order chi connectivity index (χ0) is 22.9. The lowest BCUT2D eigenvalue weighted by Crippen LogP contribution is -2.35. The highest BCUT2D eigenvalue weighted by Crippen LogP contribution is 2.44. The summed E-state index contributed by atoms with van der Waals surface area (Å²) < 4.78 is 2.16. The summed E-state index contributed by atoms with van der Waals surface area (Å²) in [6.45, 7) is 8.22. The van der Waals surface area contributed by atoms with Gasteiger partial charge in [0.05, 0.1) is 17.1 Å². The van der Waals surface area contributed by atoms with Gasteiger partial charge in [-0.15, -0.1) is 0 Å². The van der Waals surface area contributed by atoms with E-state index in [4.69, 9.17) is 0 Å². The SMILES string of the molecule is C=C(NNC(=O)c1ccc(-n2c(C)ccc2C)cc1)c1ccc2c(c1)Nc1ccccc1S2. The number of carbonyl (C=O) groups excluding carboxylic acids is 1. The predicted octanol–water partition coefficient (Wildman–Crippen LogP) is 6.21. The summed E-state index contributed by atoms with van der Waals surface area (Å²) in [7, 11) is 0. The van der Waals surface area contributed by atoms with Crippen LogP contribution in [0.2, 0.25) is 0 Å². The maximum absolute atomic E-state index is 12.6. The van der Waals surface area contributed by atoms with Crippen molar-refractivity contribution >= 4 is 34.7 Å². The van der Waals surface area contributed by atoms with Gasteiger partial charge in [0, 0.05) is 38.0 Å². The average molecular weight is 453 g/mol. The number of aryl methyl sites for hydroxylation is 2. The minimum absolute atomic E-state index is 0.218. The number of nitrogens with zero attached hydrogens (tertiary/aromatic N) is 1. The van der Waals surface area contributed by atoms with Gasteiger partial charge in [-0.2, -0.15) is 0 Å². The van der Waals surface area contributed by atoms with E-state index in [1.165, 1.54) is 4.90 Å². The van der Waals surface area contributed by atoms with Gasteiger partial charge in [-0.1, -0.05) is 36.5 Å². The first-order valence-electron chi connectivity index (χ1n) is 10.7. The van der Waals surface area contributed by atoms with E-state index in [1.807, 2.05) is 48.5 Å². The van der Waals surface area contributed by atoms with E-state index in [-0.39, 0.29) is 5.91 Å². The number of para-hydroxylation sites is 1. The average Bonchev–Trinajstić information content (AvgIpc) is 3.18. The molecule has 0 unspecified atom stereocenters. The maximum atomic E-state index is 12.6. The zero-order valence-corrected chi connectivity index (χ0v) is 19.3. The molecule has 3 aromatic carbocycles. The normalized spacial score (nSPS) is 11.7. The van der Waals surface area contributed by atoms with Gasteiger partial charge < -0.3 is 9.88 Å². The number of amides is 1. The van der Waals surface area contributed by atoms with Crippen LogP contribution in [0.4, 0.5) is 11.4 Å². The van der Waals surface area contributed by atoms with Crippen LogP contribution in [-0.2, 0) is 0 Å². The Morgan fingerprint density at radius 2 is 1.48 bits per heavy atom. The van der Waals surface area contributed by atoms with E-state index >= 15 is 0 Å². The molecule has 0 aliphatic carbocycles. The van der Waals surface area contributed by atoms with Gasteiger partial charge in [0.15, 0.2) is 0 Å². The number of hydrazine groups is 1. The van der Waals surface area contributed by atoms with Gasteiger partial charge in [0.25, 0.3) is 5.91 Å². The van der Waals surface area contributed by atoms with Crippen molar-refractivity contribution in [3.05, 3.63) is 108 Å². The molecule has 1 amide bonds. The lowest BCUT2D eigenvalue weighted by molar-refractivity contribution is 0.0942. The molecule has 3 N–H and O–H groups in total. The zero-order valence-electron chi connectivity index (χ0n) is 18.5. The molecule has 5 rings (SSSR count). The van der Waals surface area contributed by atoms with Crippen molar-refractivity contribution < 1.29 is 4.79 Å². The summed E-state index contributed by atoms with van der Waals surface area (Å²) >= 11 is 1.74. The predicted molar refractivity (Wildman–Crippen MR) is 135 cm³/mol. The number of rotatable bonds is 5. The highest BCUT2D eigenvalue weighted by molar-refractivity contribution is 7.99. The van der Waals surface area contributed by atoms with E-state index < -0.39 is 0 Å². The Balaban J connectivity index is 1.24. The molecule has 6 heteroatoms. The van der Waals surface area contributed by atoms with Crippen molar-refractivity contribution in [2.24, 2.45) is 0 Å². The van der Waals surface area contributed by atoms with Crippen LogP contribution in [0.15, 0.2) is 95.2 Å². The Hall–Kier alpha value is -3.90. The number of nitrogens with one attached hydrogen (secondary N) is 3. The number of fused-ring (bicyclic) bond motifs is 2. The number of carbonyl (C=O) groups is 1. The molecule has 164 valence electrons. The minimum atomic E-state index is -0.218. The number of anilines is 2. The lowest BCUT2D eigenvalue weighted by atomic mass is 10.1. The Morgan fingerprint density at radius 3 is 2.24 bits per heavy atom. The summed E-state index contributed by atoms with van der Waals surface area (Å²) in [6, 6.07) is 26.1. The van der Waals surface area contributed by atoms with Crippen LogP contribution < -0.4 is 16.2 Å². The smallest absolute Gasteiger partial charge is 0.269 e. The maximum Gasteiger partial charge on any atom is 0.269 e. The first-order chi connectivity index (χ1) is 16.0. The summed E-state index contributed by atoms with van der Waals surface area (Å²) in [5.41, 5.74) is 13.2. The van der Waals surface area contributed by atoms with Gasteiger partial charge >= 0.3 is 0 Å². The van der Waals surface area contributed by atoms with Crippen LogP contribution in [0.1, 0.15) is 27.3 Å². The molecule has 33 heavy (non-hydrogen) atoms. The lowest BCUT2D eigenvalue weighted by Gasteiger charge is -2.22. The van der Waals surface area contributed by atoms with Gasteiger partial charge in [0.1, 0.15) is 0 Å². The van der Waals surface area contributed by atoms with Crippen molar-refractivity contribution in [2.75, 3.05) is 5.32 Å². The molecule has 0 radical (unpaired) electrons. The summed E-state index contributed by atoms with van der Waals surface area (Å²) in [4.78, 5) is 15.0. The largest absolute Gasteiger partial charge is 0.354 e. The van der Waals surface area contributed by atoms with Gasteiger partial charge in [0.2, 0.25) is 0 Å². The Bertz CT molecular complexity index is 1350. The van der Waals surface area contributed by atoms with Crippen molar-refractivity contribution in [3.63, 3.8) is 0 Å². The molecule has 4 aromatic rings. The van der Waals surface area contributed by atoms with Crippen LogP contribution in [0, 0.1) is 13.8 Å². The molecule has 0 fully saturated rings. The van der Waals surface area contributed by atoms with E-state index in [0.717, 1.165) is 38.9 Å². The third-order valence-corrected chi connectivity index (χ3v) is 6.84. The summed E-state index contributed by atoms with van der Waals surface area (Å²) in [5, 5.41) is 3.47. The minimum Gasteiger partial charge on any atom is -0.354 e. The highest BCUT2D eigenvalue weighted by atomic mass is 32.2. The van der Waals surface area contributed by atoms with Crippen LogP contribution in [0.3, 0.4) is 0 Å². The standard InChI is InChI=1S/C27H24N4OS/c1-17-8-9-18(2)31(17)22-13-10-20(11-14-22)27(32)30-29-19(3)21-12-15-26-24(16-21)28-23-6-4-5-7-25(23)33-26/h4-16,28-29H,3H2,1-2H3,(H,30,32). The summed E-state index contributed by atoms with van der Waals surface area (Å²) in [5.74, 6) is -0.218. The fraction of sp³-hybridized carbons (Fsp3) is 0.0741. The second-order valence-corrected chi connectivity index (χ2v) is 9.07. The van der Waals surface area contributed by atoms with E-state index in [9.17, 15) is 4.79 Å². The molecule has 1 aliphatic heterocycles. The molecule has 1 aliphatic rings. The fourth-order valence-electron chi connectivity index (χ4n) is 3.94. The number of hydrogen-bond donors (Lipinski definition) is 3. The number of hydrogen-bond acceptors (Lipinski definition) is 4. The molecular formula is C27H24N4OS. The molecule has 0 bridgehead atoms. The van der Waals surface area contributed by atoms with E-state index in [2.05, 4.69) is 71.5 Å². The number of benzene rings is 3. The molecule has 1 aromatic heterocycles. The van der Waals surface area contributed by atoms with Gasteiger partial charge in [-0.3, -0.25) is 15.6 Å². The Labute approximate surface area is 197 Å². The van der Waals surface area contributed by atoms with Crippen molar-refractivity contribution in [1.29, 1.82) is 0 Å².